The van der Waals surface area contributed by atoms with Crippen molar-refractivity contribution in [3.8, 4) is 0 Å². The summed E-state index contributed by atoms with van der Waals surface area (Å²) in [4.78, 5) is 18.0. The van der Waals surface area contributed by atoms with E-state index in [-0.39, 0.29) is 17.3 Å². The number of benzene rings is 2. The summed E-state index contributed by atoms with van der Waals surface area (Å²) in [5, 5.41) is 1.90. The van der Waals surface area contributed by atoms with E-state index in [0.29, 0.717) is 12.1 Å². The predicted octanol–water partition coefficient (Wildman–Crippen LogP) is 4.49. The molecule has 2 heterocycles. The van der Waals surface area contributed by atoms with Crippen LogP contribution < -0.4 is 9.62 Å². The molecular formula is C25H29N3O3S2. The van der Waals surface area contributed by atoms with E-state index in [0.717, 1.165) is 23.5 Å². The smallest absolute Gasteiger partial charge is 0.253 e. The van der Waals surface area contributed by atoms with E-state index in [1.54, 1.807) is 24.1 Å². The monoisotopic (exact) mass is 483 g/mol. The fourth-order valence-electron chi connectivity index (χ4n) is 3.99. The average molecular weight is 484 g/mol. The first kappa shape index (κ1) is 23.5. The number of nitrogens with zero attached hydrogens (tertiary/aromatic N) is 2. The molecule has 1 amide bonds. The number of nitrogens with one attached hydrogen (secondary N) is 1. The van der Waals surface area contributed by atoms with Gasteiger partial charge in [-0.05, 0) is 66.6 Å². The fourth-order valence-corrected chi connectivity index (χ4v) is 5.78. The molecule has 174 valence electrons. The standard InChI is InChI=1S/C25H29N3O3S2/c1-27(19-20-10-12-22(13-11-20)28-14-3-2-4-15-28)25(29)21-7-5-9-24(17-21)33(30,31)26-18-23-8-6-16-32-23/h5-13,16-17,26H,2-4,14-15,18-19H2,1H3. The number of anilines is 1. The summed E-state index contributed by atoms with van der Waals surface area (Å²) in [5.41, 5.74) is 2.61. The van der Waals surface area contributed by atoms with Crippen LogP contribution in [0.25, 0.3) is 0 Å². The van der Waals surface area contributed by atoms with Crippen LogP contribution in [0.5, 0.6) is 0 Å². The van der Waals surface area contributed by atoms with Crippen LogP contribution in [0.2, 0.25) is 0 Å². The second kappa shape index (κ2) is 10.5. The Morgan fingerprint density at radius 3 is 2.48 bits per heavy atom. The summed E-state index contributed by atoms with van der Waals surface area (Å²) < 4.78 is 28.0. The molecule has 33 heavy (non-hydrogen) atoms. The third-order valence-electron chi connectivity index (χ3n) is 5.83. The minimum absolute atomic E-state index is 0.0872. The molecule has 0 aliphatic carbocycles. The van der Waals surface area contributed by atoms with Crippen LogP contribution in [-0.4, -0.2) is 39.4 Å². The van der Waals surface area contributed by atoms with Crippen LogP contribution in [0.4, 0.5) is 5.69 Å². The Bertz CT molecular complexity index is 1170. The molecule has 0 unspecified atom stereocenters. The molecule has 0 bridgehead atoms. The number of carbonyl (C=O) groups excluding carboxylic acids is 1. The minimum atomic E-state index is -3.71. The lowest BCUT2D eigenvalue weighted by molar-refractivity contribution is 0.0785. The Labute approximate surface area is 199 Å². The van der Waals surface area contributed by atoms with Gasteiger partial charge in [-0.2, -0.15) is 0 Å². The van der Waals surface area contributed by atoms with Crippen molar-refractivity contribution in [2.24, 2.45) is 0 Å². The minimum Gasteiger partial charge on any atom is -0.372 e. The van der Waals surface area contributed by atoms with Crippen LogP contribution in [0.3, 0.4) is 0 Å². The van der Waals surface area contributed by atoms with Gasteiger partial charge in [0.1, 0.15) is 0 Å². The van der Waals surface area contributed by atoms with E-state index in [9.17, 15) is 13.2 Å². The van der Waals surface area contributed by atoms with Crippen molar-refractivity contribution >= 4 is 33.0 Å². The molecule has 1 N–H and O–H groups in total. The highest BCUT2D eigenvalue weighted by molar-refractivity contribution is 7.89. The maximum atomic E-state index is 13.0. The number of hydrogen-bond acceptors (Lipinski definition) is 5. The Morgan fingerprint density at radius 2 is 1.79 bits per heavy atom. The quantitative estimate of drug-likeness (QED) is 0.513. The molecule has 0 saturated carbocycles. The van der Waals surface area contributed by atoms with E-state index < -0.39 is 10.0 Å². The second-order valence-electron chi connectivity index (χ2n) is 8.31. The van der Waals surface area contributed by atoms with Gasteiger partial charge in [0.25, 0.3) is 5.91 Å². The highest BCUT2D eigenvalue weighted by Crippen LogP contribution is 2.21. The topological polar surface area (TPSA) is 69.7 Å². The SMILES string of the molecule is CN(Cc1ccc(N2CCCCC2)cc1)C(=O)c1cccc(S(=O)(=O)NCc2cccs2)c1. The largest absolute Gasteiger partial charge is 0.372 e. The van der Waals surface area contributed by atoms with Crippen molar-refractivity contribution in [1.82, 2.24) is 9.62 Å². The number of carbonyl (C=O) groups is 1. The lowest BCUT2D eigenvalue weighted by Gasteiger charge is -2.29. The third-order valence-corrected chi connectivity index (χ3v) is 8.11. The van der Waals surface area contributed by atoms with Crippen molar-refractivity contribution in [1.29, 1.82) is 0 Å². The summed E-state index contributed by atoms with van der Waals surface area (Å²) in [6.07, 6.45) is 3.77. The molecule has 0 atom stereocenters. The molecule has 0 spiro atoms. The van der Waals surface area contributed by atoms with Gasteiger partial charge in [0, 0.05) is 49.4 Å². The van der Waals surface area contributed by atoms with Gasteiger partial charge in [0.15, 0.2) is 0 Å². The van der Waals surface area contributed by atoms with Gasteiger partial charge >= 0.3 is 0 Å². The number of sulfonamides is 1. The first-order chi connectivity index (χ1) is 15.9. The zero-order valence-electron chi connectivity index (χ0n) is 18.7. The molecular weight excluding hydrogens is 454 g/mol. The van der Waals surface area contributed by atoms with E-state index in [4.69, 9.17) is 0 Å². The van der Waals surface area contributed by atoms with Gasteiger partial charge in [-0.3, -0.25) is 4.79 Å². The van der Waals surface area contributed by atoms with Crippen LogP contribution in [0.15, 0.2) is 70.9 Å². The summed E-state index contributed by atoms with van der Waals surface area (Å²) in [6.45, 7) is 2.87. The maximum Gasteiger partial charge on any atom is 0.253 e. The summed E-state index contributed by atoms with van der Waals surface area (Å²) in [7, 11) is -1.98. The first-order valence-corrected chi connectivity index (χ1v) is 13.5. The molecule has 1 aromatic heterocycles. The van der Waals surface area contributed by atoms with Gasteiger partial charge in [0.05, 0.1) is 4.90 Å². The lowest BCUT2D eigenvalue weighted by Crippen LogP contribution is -2.29. The molecule has 1 aliphatic heterocycles. The van der Waals surface area contributed by atoms with Crippen molar-refractivity contribution in [2.75, 3.05) is 25.0 Å². The molecule has 6 nitrogen and oxygen atoms in total. The zero-order valence-corrected chi connectivity index (χ0v) is 20.4. The van der Waals surface area contributed by atoms with Crippen LogP contribution in [-0.2, 0) is 23.1 Å². The van der Waals surface area contributed by atoms with Crippen LogP contribution in [0, 0.1) is 0 Å². The lowest BCUT2D eigenvalue weighted by atomic mass is 10.1. The zero-order chi connectivity index (χ0) is 23.3. The van der Waals surface area contributed by atoms with Crippen LogP contribution in [0.1, 0.15) is 40.1 Å². The van der Waals surface area contributed by atoms with E-state index in [1.807, 2.05) is 17.5 Å². The van der Waals surface area contributed by atoms with Crippen molar-refractivity contribution in [3.63, 3.8) is 0 Å². The number of thiophene rings is 1. The molecule has 1 fully saturated rings. The number of amides is 1. The molecule has 1 saturated heterocycles. The van der Waals surface area contributed by atoms with E-state index in [1.165, 1.54) is 48.4 Å². The highest BCUT2D eigenvalue weighted by atomic mass is 32.2. The summed E-state index contributed by atoms with van der Waals surface area (Å²) >= 11 is 1.49. The highest BCUT2D eigenvalue weighted by Gasteiger charge is 2.18. The van der Waals surface area contributed by atoms with Gasteiger partial charge < -0.3 is 9.80 Å². The van der Waals surface area contributed by atoms with Crippen molar-refractivity contribution in [3.05, 3.63) is 82.0 Å². The van der Waals surface area contributed by atoms with Gasteiger partial charge in [-0.25, -0.2) is 13.1 Å². The number of hydrogen-bond donors (Lipinski definition) is 1. The van der Waals surface area contributed by atoms with Crippen molar-refractivity contribution < 1.29 is 13.2 Å². The Balaban J connectivity index is 1.40. The maximum absolute atomic E-state index is 13.0. The Hall–Kier alpha value is -2.68. The molecule has 0 radical (unpaired) electrons. The summed E-state index contributed by atoms with van der Waals surface area (Å²) in [6, 6.07) is 18.3. The number of piperidine rings is 1. The molecule has 2 aromatic carbocycles. The van der Waals surface area contributed by atoms with Gasteiger partial charge in [-0.15, -0.1) is 11.3 Å². The third kappa shape index (κ3) is 6.01. The molecule has 1 aliphatic rings. The fraction of sp³-hybridized carbons (Fsp3) is 0.320. The Kier molecular flexibility index (Phi) is 7.47. The summed E-state index contributed by atoms with van der Waals surface area (Å²) in [5.74, 6) is -0.217. The molecule has 3 aromatic rings. The predicted molar refractivity (Wildman–Crippen MR) is 133 cm³/mol. The van der Waals surface area contributed by atoms with Crippen molar-refractivity contribution in [2.45, 2.75) is 37.2 Å². The second-order valence-corrected chi connectivity index (χ2v) is 11.1. The van der Waals surface area contributed by atoms with Crippen LogP contribution >= 0.6 is 11.3 Å². The van der Waals surface area contributed by atoms with Gasteiger partial charge in [0.2, 0.25) is 10.0 Å². The van der Waals surface area contributed by atoms with Gasteiger partial charge in [-0.1, -0.05) is 24.3 Å². The first-order valence-electron chi connectivity index (χ1n) is 11.1. The average Bonchev–Trinajstić information content (AvgIpc) is 3.37. The van der Waals surface area contributed by atoms with E-state index in [2.05, 4.69) is 33.9 Å². The normalized spacial score (nSPS) is 14.3. The molecule has 8 heteroatoms. The molecule has 4 rings (SSSR count). The van der Waals surface area contributed by atoms with E-state index >= 15 is 0 Å². The number of rotatable bonds is 8. The Morgan fingerprint density at radius 1 is 1.03 bits per heavy atom.